The maximum absolute atomic E-state index is 13.0. The number of hydrogen-bond donors (Lipinski definition) is 0. The van der Waals surface area contributed by atoms with Crippen LogP contribution in [-0.4, -0.2) is 43.9 Å². The average Bonchev–Trinajstić information content (AvgIpc) is 3.12. The number of hydrogen-bond acceptors (Lipinski definition) is 5. The van der Waals surface area contributed by atoms with E-state index < -0.39 is 28.4 Å². The third kappa shape index (κ3) is 3.39. The normalized spacial score (nSPS) is 12.8. The molecular weight excluding hydrogens is 411 g/mol. The summed E-state index contributed by atoms with van der Waals surface area (Å²) in [7, 11) is -3.79. The van der Waals surface area contributed by atoms with E-state index in [-0.39, 0.29) is 23.4 Å². The van der Waals surface area contributed by atoms with Gasteiger partial charge in [-0.2, -0.15) is 13.2 Å². The molecule has 0 spiro atoms. The Kier molecular flexibility index (Phi) is 4.26. The molecule has 0 unspecified atom stereocenters. The Morgan fingerprint density at radius 2 is 1.76 bits per heavy atom. The Hall–Kier alpha value is -3.15. The molecule has 1 aromatic carbocycles. The van der Waals surface area contributed by atoms with Crippen molar-refractivity contribution in [1.29, 1.82) is 0 Å². The van der Waals surface area contributed by atoms with Gasteiger partial charge in [-0.3, -0.25) is 14.1 Å². The molecule has 12 heteroatoms. The van der Waals surface area contributed by atoms with Crippen molar-refractivity contribution in [3.05, 3.63) is 59.0 Å². The van der Waals surface area contributed by atoms with Crippen molar-refractivity contribution < 1.29 is 21.6 Å². The van der Waals surface area contributed by atoms with Gasteiger partial charge in [0.15, 0.2) is 0 Å². The Morgan fingerprint density at radius 3 is 2.45 bits per heavy atom. The van der Waals surface area contributed by atoms with E-state index in [1.54, 1.807) is 24.3 Å². The van der Waals surface area contributed by atoms with Crippen LogP contribution >= 0.6 is 0 Å². The van der Waals surface area contributed by atoms with E-state index in [4.69, 9.17) is 0 Å². The first-order valence-corrected chi connectivity index (χ1v) is 10.2. The fourth-order valence-corrected chi connectivity index (χ4v) is 4.31. The van der Waals surface area contributed by atoms with Crippen LogP contribution in [-0.2, 0) is 23.1 Å². The molecule has 3 aromatic heterocycles. The standard InChI is InChI=1S/C17H14F3N5O3S/c1-29(27,28)25-12-5-3-2-4-11(12)22-15(25)9-23-14-8-21-7-6-13(14)24(16(23)26)10-17(18,19)20/h2-8H,9-10H2,1H3. The van der Waals surface area contributed by atoms with Gasteiger partial charge in [-0.05, 0) is 18.2 Å². The molecule has 0 bridgehead atoms. The average molecular weight is 425 g/mol. The van der Waals surface area contributed by atoms with Gasteiger partial charge in [0.05, 0.1) is 41.1 Å². The Morgan fingerprint density at radius 1 is 1.03 bits per heavy atom. The molecule has 29 heavy (non-hydrogen) atoms. The Labute approximate surface area is 161 Å². The van der Waals surface area contributed by atoms with Crippen molar-refractivity contribution in [2.75, 3.05) is 6.26 Å². The molecule has 0 aliphatic rings. The monoisotopic (exact) mass is 425 g/mol. The third-order valence-corrected chi connectivity index (χ3v) is 5.44. The summed E-state index contributed by atoms with van der Waals surface area (Å²) < 4.78 is 66.2. The van der Waals surface area contributed by atoms with Crippen molar-refractivity contribution in [2.45, 2.75) is 19.3 Å². The lowest BCUT2D eigenvalue weighted by atomic mass is 10.3. The molecule has 0 aliphatic carbocycles. The van der Waals surface area contributed by atoms with Crippen molar-refractivity contribution in [1.82, 2.24) is 23.1 Å². The van der Waals surface area contributed by atoms with E-state index in [0.717, 1.165) is 14.8 Å². The highest BCUT2D eigenvalue weighted by atomic mass is 32.2. The minimum Gasteiger partial charge on any atom is -0.283 e. The van der Waals surface area contributed by atoms with Gasteiger partial charge in [-0.25, -0.2) is 22.2 Å². The van der Waals surface area contributed by atoms with Crippen LogP contribution in [0.25, 0.3) is 22.1 Å². The molecule has 0 radical (unpaired) electrons. The van der Waals surface area contributed by atoms with E-state index >= 15 is 0 Å². The SMILES string of the molecule is CS(=O)(=O)n1c(Cn2c(=O)n(CC(F)(F)F)c3ccncc32)nc2ccccc21. The summed E-state index contributed by atoms with van der Waals surface area (Å²) in [5.41, 5.74) is -0.0380. The molecule has 8 nitrogen and oxygen atoms in total. The van der Waals surface area contributed by atoms with Gasteiger partial charge in [0.2, 0.25) is 10.0 Å². The number of fused-ring (bicyclic) bond motifs is 2. The minimum absolute atomic E-state index is 0.00529. The molecule has 0 saturated carbocycles. The first kappa shape index (κ1) is 19.2. The fourth-order valence-electron chi connectivity index (χ4n) is 3.32. The van der Waals surface area contributed by atoms with Crippen LogP contribution in [0.1, 0.15) is 5.82 Å². The summed E-state index contributed by atoms with van der Waals surface area (Å²) in [4.78, 5) is 20.9. The quantitative estimate of drug-likeness (QED) is 0.499. The topological polar surface area (TPSA) is 91.8 Å². The zero-order valence-electron chi connectivity index (χ0n) is 15.0. The predicted molar refractivity (Wildman–Crippen MR) is 99.1 cm³/mol. The fraction of sp³-hybridized carbons (Fsp3) is 0.235. The zero-order valence-corrected chi connectivity index (χ0v) is 15.8. The first-order valence-electron chi connectivity index (χ1n) is 8.33. The van der Waals surface area contributed by atoms with Crippen molar-refractivity contribution >= 4 is 32.1 Å². The van der Waals surface area contributed by atoms with Crippen LogP contribution < -0.4 is 5.69 Å². The van der Waals surface area contributed by atoms with E-state index in [1.807, 2.05) is 0 Å². The highest BCUT2D eigenvalue weighted by Crippen LogP contribution is 2.22. The van der Waals surface area contributed by atoms with Crippen LogP contribution in [0.5, 0.6) is 0 Å². The zero-order chi connectivity index (χ0) is 21.0. The summed E-state index contributed by atoms with van der Waals surface area (Å²) in [5, 5.41) is 0. The Bertz CT molecular complexity index is 1400. The number of rotatable bonds is 4. The third-order valence-electron chi connectivity index (χ3n) is 4.37. The number of pyridine rings is 1. The molecule has 0 saturated heterocycles. The minimum atomic E-state index is -4.61. The summed E-state index contributed by atoms with van der Waals surface area (Å²) in [6.07, 6.45) is -1.07. The highest BCUT2D eigenvalue weighted by molar-refractivity contribution is 7.89. The number of alkyl halides is 3. The van der Waals surface area contributed by atoms with Crippen LogP contribution in [0, 0.1) is 0 Å². The molecule has 0 amide bonds. The largest absolute Gasteiger partial charge is 0.406 e. The second-order valence-electron chi connectivity index (χ2n) is 6.48. The van der Waals surface area contributed by atoms with Gasteiger partial charge in [-0.15, -0.1) is 0 Å². The summed E-state index contributed by atoms with van der Waals surface area (Å²) in [6.45, 7) is -1.81. The van der Waals surface area contributed by atoms with Gasteiger partial charge in [0.1, 0.15) is 12.4 Å². The summed E-state index contributed by atoms with van der Waals surface area (Å²) in [6, 6.07) is 7.79. The van der Waals surface area contributed by atoms with Gasteiger partial charge >= 0.3 is 11.9 Å². The van der Waals surface area contributed by atoms with E-state index in [2.05, 4.69) is 9.97 Å². The number of para-hydroxylation sites is 2. The van der Waals surface area contributed by atoms with Crippen molar-refractivity contribution in [3.63, 3.8) is 0 Å². The van der Waals surface area contributed by atoms with Crippen molar-refractivity contribution in [3.8, 4) is 0 Å². The lowest BCUT2D eigenvalue weighted by Gasteiger charge is -2.08. The van der Waals surface area contributed by atoms with Gasteiger partial charge < -0.3 is 0 Å². The lowest BCUT2D eigenvalue weighted by Crippen LogP contribution is -2.30. The molecule has 0 N–H and O–H groups in total. The van der Waals surface area contributed by atoms with E-state index in [9.17, 15) is 26.4 Å². The molecule has 4 rings (SSSR count). The lowest BCUT2D eigenvalue weighted by molar-refractivity contribution is -0.140. The maximum atomic E-state index is 13.0. The van der Waals surface area contributed by atoms with Gasteiger partial charge in [0.25, 0.3) is 0 Å². The molecule has 0 aliphatic heterocycles. The first-order chi connectivity index (χ1) is 13.6. The molecule has 0 atom stereocenters. The second kappa shape index (κ2) is 6.44. The highest BCUT2D eigenvalue weighted by Gasteiger charge is 2.31. The summed E-state index contributed by atoms with van der Waals surface area (Å²) >= 11 is 0. The molecule has 0 fully saturated rings. The summed E-state index contributed by atoms with van der Waals surface area (Å²) in [5.74, 6) is 0.00529. The van der Waals surface area contributed by atoms with Crippen LogP contribution in [0.3, 0.4) is 0 Å². The number of imidazole rings is 2. The molecular formula is C17H14F3N5O3S. The van der Waals surface area contributed by atoms with Crippen molar-refractivity contribution in [2.24, 2.45) is 0 Å². The second-order valence-corrected chi connectivity index (χ2v) is 8.31. The Balaban J connectivity index is 1.95. The van der Waals surface area contributed by atoms with E-state index in [0.29, 0.717) is 15.6 Å². The number of aromatic nitrogens is 5. The van der Waals surface area contributed by atoms with Crippen LogP contribution in [0.15, 0.2) is 47.5 Å². The smallest absolute Gasteiger partial charge is 0.283 e. The predicted octanol–water partition coefficient (Wildman–Crippen LogP) is 1.97. The van der Waals surface area contributed by atoms with Crippen LogP contribution in [0.2, 0.25) is 0 Å². The molecule has 152 valence electrons. The van der Waals surface area contributed by atoms with Gasteiger partial charge in [-0.1, -0.05) is 12.1 Å². The maximum Gasteiger partial charge on any atom is 0.406 e. The van der Waals surface area contributed by atoms with Crippen LogP contribution in [0.4, 0.5) is 13.2 Å². The molecule has 4 aromatic rings. The number of nitrogens with zero attached hydrogens (tertiary/aromatic N) is 5. The number of halogens is 3. The molecule has 3 heterocycles. The van der Waals surface area contributed by atoms with E-state index in [1.165, 1.54) is 18.5 Å². The number of benzene rings is 1. The van der Waals surface area contributed by atoms with Gasteiger partial charge in [0, 0.05) is 6.20 Å².